The van der Waals surface area contributed by atoms with Crippen LogP contribution in [0.1, 0.15) is 17.2 Å². The van der Waals surface area contributed by atoms with Crippen molar-refractivity contribution in [2.75, 3.05) is 7.11 Å². The van der Waals surface area contributed by atoms with Crippen LogP contribution in [0, 0.1) is 10.1 Å². The van der Waals surface area contributed by atoms with Gasteiger partial charge in [0.25, 0.3) is 11.5 Å². The van der Waals surface area contributed by atoms with E-state index in [1.807, 2.05) is 6.07 Å². The van der Waals surface area contributed by atoms with E-state index in [4.69, 9.17) is 12.2 Å². The van der Waals surface area contributed by atoms with E-state index in [0.29, 0.717) is 16.8 Å². The van der Waals surface area contributed by atoms with Crippen LogP contribution in [0.4, 0.5) is 5.69 Å². The Morgan fingerprint density at radius 2 is 1.86 bits per heavy atom. The first-order chi connectivity index (χ1) is 13.4. The molecule has 0 unspecified atom stereocenters. The number of nitro benzene ring substituents is 1. The number of carbonyl (C=O) groups excluding carboxylic acids is 2. The Labute approximate surface area is 165 Å². The standard InChI is InChI=1S/C19H15N3O5S/c1-27-18(24)17(23)14-15(11-6-3-2-4-7-11)20-19(28)21-16(14)12-8-5-9-13(10-12)22(25)26/h2-10,16H,1H3,(H2,20,21,28)/t16-/m0/s1. The van der Waals surface area contributed by atoms with Crippen LogP contribution >= 0.6 is 12.2 Å². The molecule has 0 amide bonds. The first-order valence-electron chi connectivity index (χ1n) is 8.16. The number of methoxy groups -OCH3 is 1. The number of non-ortho nitro benzene ring substituents is 1. The lowest BCUT2D eigenvalue weighted by Crippen LogP contribution is -2.46. The van der Waals surface area contributed by atoms with E-state index >= 15 is 0 Å². The summed E-state index contributed by atoms with van der Waals surface area (Å²) in [5.41, 5.74) is 1.31. The smallest absolute Gasteiger partial charge is 0.379 e. The highest BCUT2D eigenvalue weighted by Crippen LogP contribution is 2.33. The van der Waals surface area contributed by atoms with Crippen LogP contribution < -0.4 is 10.6 Å². The molecule has 9 heteroatoms. The minimum Gasteiger partial charge on any atom is -0.463 e. The molecule has 1 heterocycles. The van der Waals surface area contributed by atoms with E-state index in [-0.39, 0.29) is 16.4 Å². The topological polar surface area (TPSA) is 111 Å². The average Bonchev–Trinajstić information content (AvgIpc) is 2.72. The summed E-state index contributed by atoms with van der Waals surface area (Å²) in [7, 11) is 1.11. The van der Waals surface area contributed by atoms with Crippen molar-refractivity contribution in [2.24, 2.45) is 0 Å². The van der Waals surface area contributed by atoms with E-state index in [1.165, 1.54) is 18.2 Å². The lowest BCUT2D eigenvalue weighted by molar-refractivity contribution is -0.384. The van der Waals surface area contributed by atoms with E-state index < -0.39 is 22.7 Å². The van der Waals surface area contributed by atoms with Crippen molar-refractivity contribution in [3.63, 3.8) is 0 Å². The first-order valence-corrected chi connectivity index (χ1v) is 8.57. The van der Waals surface area contributed by atoms with E-state index in [0.717, 1.165) is 7.11 Å². The molecule has 0 spiro atoms. The SMILES string of the molecule is COC(=O)C(=O)C1=C(c2ccccc2)NC(=S)N[C@H]1c1cccc([N+](=O)[O-])c1. The molecule has 0 radical (unpaired) electrons. The maximum atomic E-state index is 12.8. The Balaban J connectivity index is 2.23. The number of nitrogens with one attached hydrogen (secondary N) is 2. The van der Waals surface area contributed by atoms with Crippen LogP contribution in [0.3, 0.4) is 0 Å². The van der Waals surface area contributed by atoms with Crippen molar-refractivity contribution in [2.45, 2.75) is 6.04 Å². The molecule has 1 atom stereocenters. The van der Waals surface area contributed by atoms with Crippen LogP contribution in [0.2, 0.25) is 0 Å². The second-order valence-corrected chi connectivity index (χ2v) is 6.27. The molecule has 3 rings (SSSR count). The number of esters is 1. The predicted molar refractivity (Wildman–Crippen MR) is 105 cm³/mol. The number of nitro groups is 1. The van der Waals surface area contributed by atoms with Gasteiger partial charge in [-0.1, -0.05) is 42.5 Å². The molecule has 2 N–H and O–H groups in total. The highest BCUT2D eigenvalue weighted by molar-refractivity contribution is 7.80. The van der Waals surface area contributed by atoms with E-state index in [9.17, 15) is 19.7 Å². The fourth-order valence-corrected chi connectivity index (χ4v) is 3.13. The van der Waals surface area contributed by atoms with Crippen molar-refractivity contribution < 1.29 is 19.2 Å². The van der Waals surface area contributed by atoms with Crippen molar-refractivity contribution in [1.82, 2.24) is 10.6 Å². The van der Waals surface area contributed by atoms with Crippen molar-refractivity contribution in [3.8, 4) is 0 Å². The Hall–Kier alpha value is -3.59. The highest BCUT2D eigenvalue weighted by atomic mass is 32.1. The molecule has 142 valence electrons. The monoisotopic (exact) mass is 397 g/mol. The zero-order chi connectivity index (χ0) is 20.3. The Morgan fingerprint density at radius 1 is 1.14 bits per heavy atom. The van der Waals surface area contributed by atoms with Gasteiger partial charge < -0.3 is 15.4 Å². The summed E-state index contributed by atoms with van der Waals surface area (Å²) in [4.78, 5) is 35.5. The van der Waals surface area contributed by atoms with Gasteiger partial charge in [-0.25, -0.2) is 4.79 Å². The van der Waals surface area contributed by atoms with E-state index in [2.05, 4.69) is 15.4 Å². The second kappa shape index (κ2) is 7.97. The number of benzene rings is 2. The Kier molecular flexibility index (Phi) is 5.46. The summed E-state index contributed by atoms with van der Waals surface area (Å²) in [6.07, 6.45) is 0. The third-order valence-corrected chi connectivity index (χ3v) is 4.38. The third kappa shape index (κ3) is 3.74. The molecule has 8 nitrogen and oxygen atoms in total. The summed E-state index contributed by atoms with van der Waals surface area (Å²) in [6, 6.07) is 13.8. The average molecular weight is 397 g/mol. The molecule has 2 aromatic carbocycles. The molecule has 28 heavy (non-hydrogen) atoms. The normalized spacial score (nSPS) is 16.0. The zero-order valence-electron chi connectivity index (χ0n) is 14.7. The van der Waals surface area contributed by atoms with Crippen molar-refractivity contribution >= 4 is 40.5 Å². The van der Waals surface area contributed by atoms with Gasteiger partial charge in [0.1, 0.15) is 0 Å². The predicted octanol–water partition coefficient (Wildman–Crippen LogP) is 2.27. The molecule has 0 aromatic heterocycles. The van der Waals surface area contributed by atoms with Gasteiger partial charge in [-0.05, 0) is 23.3 Å². The zero-order valence-corrected chi connectivity index (χ0v) is 15.5. The van der Waals surface area contributed by atoms with Gasteiger partial charge in [-0.15, -0.1) is 0 Å². The molecule has 0 fully saturated rings. The number of ketones is 1. The maximum Gasteiger partial charge on any atom is 0.379 e. The van der Waals surface area contributed by atoms with Gasteiger partial charge in [-0.2, -0.15) is 0 Å². The number of thiocarbonyl (C=S) groups is 1. The molecule has 1 aliphatic heterocycles. The van der Waals surface area contributed by atoms with Crippen LogP contribution in [-0.2, 0) is 14.3 Å². The van der Waals surface area contributed by atoms with Crippen LogP contribution in [0.5, 0.6) is 0 Å². The number of Topliss-reactive ketones (excluding diaryl/α,β-unsaturated/α-hetero) is 1. The number of hydrogen-bond donors (Lipinski definition) is 2. The van der Waals surface area contributed by atoms with Crippen molar-refractivity contribution in [1.29, 1.82) is 0 Å². The summed E-state index contributed by atoms with van der Waals surface area (Å²) in [6.45, 7) is 0. The van der Waals surface area contributed by atoms with Crippen LogP contribution in [0.15, 0.2) is 60.2 Å². The number of nitrogens with zero attached hydrogens (tertiary/aromatic N) is 1. The van der Waals surface area contributed by atoms with Gasteiger partial charge in [0.2, 0.25) is 0 Å². The van der Waals surface area contributed by atoms with E-state index in [1.54, 1.807) is 30.3 Å². The van der Waals surface area contributed by atoms with Crippen LogP contribution in [0.25, 0.3) is 5.70 Å². The number of rotatable bonds is 5. The first kappa shape index (κ1) is 19.2. The molecule has 2 aromatic rings. The summed E-state index contributed by atoms with van der Waals surface area (Å²) >= 11 is 5.26. The minimum absolute atomic E-state index is 0.0622. The molecule has 1 aliphatic rings. The fraction of sp³-hybridized carbons (Fsp3) is 0.105. The van der Waals surface area contributed by atoms with Gasteiger partial charge in [-0.3, -0.25) is 14.9 Å². The number of carbonyl (C=O) groups is 2. The largest absolute Gasteiger partial charge is 0.463 e. The van der Waals surface area contributed by atoms with Gasteiger partial charge in [0.05, 0.1) is 29.3 Å². The molecule has 0 saturated carbocycles. The quantitative estimate of drug-likeness (QED) is 0.260. The summed E-state index contributed by atoms with van der Waals surface area (Å²) in [5.74, 6) is -1.92. The van der Waals surface area contributed by atoms with Gasteiger partial charge >= 0.3 is 5.97 Å². The van der Waals surface area contributed by atoms with Crippen molar-refractivity contribution in [3.05, 3.63) is 81.4 Å². The van der Waals surface area contributed by atoms with Gasteiger partial charge in [0, 0.05) is 12.1 Å². The molecular formula is C19H15N3O5S. The lowest BCUT2D eigenvalue weighted by Gasteiger charge is -2.31. The molecule has 0 saturated heterocycles. The van der Waals surface area contributed by atoms with Crippen LogP contribution in [-0.4, -0.2) is 28.9 Å². The Bertz CT molecular complexity index is 1000. The molecule has 0 aliphatic carbocycles. The minimum atomic E-state index is -1.05. The number of ether oxygens (including phenoxy) is 1. The third-order valence-electron chi connectivity index (χ3n) is 4.16. The number of hydrogen-bond acceptors (Lipinski definition) is 6. The highest BCUT2D eigenvalue weighted by Gasteiger charge is 2.36. The van der Waals surface area contributed by atoms with Gasteiger partial charge in [0.15, 0.2) is 5.11 Å². The summed E-state index contributed by atoms with van der Waals surface area (Å²) in [5, 5.41) is 17.2. The maximum absolute atomic E-state index is 12.8. The molecule has 0 bridgehead atoms. The molecular weight excluding hydrogens is 382 g/mol. The lowest BCUT2D eigenvalue weighted by atomic mass is 9.90. The summed E-state index contributed by atoms with van der Waals surface area (Å²) < 4.78 is 4.60. The second-order valence-electron chi connectivity index (χ2n) is 5.86. The Morgan fingerprint density at radius 3 is 2.50 bits per heavy atom. The fourth-order valence-electron chi connectivity index (χ4n) is 2.91.